The molecule has 2 rings (SSSR count). The van der Waals surface area contributed by atoms with Crippen LogP contribution in [0.3, 0.4) is 0 Å². The normalized spacial score (nSPS) is 18.7. The molecule has 1 atom stereocenters. The SMILES string of the molecule is COC(C)(C)c1ccc(CC(C)CN2CCCCC2)cc1. The van der Waals surface area contributed by atoms with Gasteiger partial charge in [0.2, 0.25) is 0 Å². The van der Waals surface area contributed by atoms with Crippen molar-refractivity contribution in [3.05, 3.63) is 35.4 Å². The van der Waals surface area contributed by atoms with Crippen LogP contribution in [0.25, 0.3) is 0 Å². The third-order valence-electron chi connectivity index (χ3n) is 4.76. The largest absolute Gasteiger partial charge is 0.374 e. The molecule has 0 aromatic heterocycles. The summed E-state index contributed by atoms with van der Waals surface area (Å²) in [6.07, 6.45) is 5.35. The fourth-order valence-electron chi connectivity index (χ4n) is 3.21. The zero-order valence-electron chi connectivity index (χ0n) is 14.2. The number of rotatable bonds is 6. The molecule has 21 heavy (non-hydrogen) atoms. The van der Waals surface area contributed by atoms with E-state index in [1.165, 1.54) is 56.4 Å². The van der Waals surface area contributed by atoms with Crippen LogP contribution in [0.4, 0.5) is 0 Å². The Balaban J connectivity index is 1.87. The lowest BCUT2D eigenvalue weighted by molar-refractivity contribution is 0.0192. The molecule has 1 unspecified atom stereocenters. The van der Waals surface area contributed by atoms with Crippen LogP contribution in [-0.4, -0.2) is 31.6 Å². The summed E-state index contributed by atoms with van der Waals surface area (Å²) in [7, 11) is 1.77. The van der Waals surface area contributed by atoms with Gasteiger partial charge in [0, 0.05) is 13.7 Å². The van der Waals surface area contributed by atoms with E-state index in [9.17, 15) is 0 Å². The van der Waals surface area contributed by atoms with E-state index in [0.29, 0.717) is 0 Å². The summed E-state index contributed by atoms with van der Waals surface area (Å²) >= 11 is 0. The number of hydrogen-bond acceptors (Lipinski definition) is 2. The van der Waals surface area contributed by atoms with E-state index in [1.807, 2.05) is 0 Å². The summed E-state index contributed by atoms with van der Waals surface area (Å²) in [5.41, 5.74) is 2.49. The standard InChI is InChI=1S/C19H31NO/c1-16(15-20-12-6-5-7-13-20)14-17-8-10-18(11-9-17)19(2,3)21-4/h8-11,16H,5-7,12-15H2,1-4H3. The Morgan fingerprint density at radius 3 is 2.29 bits per heavy atom. The van der Waals surface area contributed by atoms with Crippen LogP contribution in [0.15, 0.2) is 24.3 Å². The molecule has 0 spiro atoms. The lowest BCUT2D eigenvalue weighted by Crippen LogP contribution is -2.34. The molecule has 0 amide bonds. The molecule has 1 aliphatic heterocycles. The Bertz CT molecular complexity index is 418. The number of ether oxygens (including phenoxy) is 1. The lowest BCUT2D eigenvalue weighted by atomic mass is 9.94. The Hall–Kier alpha value is -0.860. The molecule has 0 saturated carbocycles. The van der Waals surface area contributed by atoms with Gasteiger partial charge in [0.05, 0.1) is 5.60 Å². The van der Waals surface area contributed by atoms with Gasteiger partial charge in [0.25, 0.3) is 0 Å². The first-order valence-corrected chi connectivity index (χ1v) is 8.38. The van der Waals surface area contributed by atoms with Crippen molar-refractivity contribution in [1.29, 1.82) is 0 Å². The van der Waals surface area contributed by atoms with Crippen molar-refractivity contribution in [2.24, 2.45) is 5.92 Å². The molecule has 0 bridgehead atoms. The van der Waals surface area contributed by atoms with Gasteiger partial charge in [-0.25, -0.2) is 0 Å². The van der Waals surface area contributed by atoms with Gasteiger partial charge in [-0.2, -0.15) is 0 Å². The molecule has 2 nitrogen and oxygen atoms in total. The van der Waals surface area contributed by atoms with Crippen molar-refractivity contribution in [3.8, 4) is 0 Å². The molecule has 1 aromatic rings. The second-order valence-electron chi connectivity index (χ2n) is 7.08. The Morgan fingerprint density at radius 1 is 1.10 bits per heavy atom. The van der Waals surface area contributed by atoms with Crippen molar-refractivity contribution < 1.29 is 4.74 Å². The van der Waals surface area contributed by atoms with Crippen molar-refractivity contribution in [3.63, 3.8) is 0 Å². The average Bonchev–Trinajstić information content (AvgIpc) is 2.48. The smallest absolute Gasteiger partial charge is 0.0871 e. The van der Waals surface area contributed by atoms with Crippen LogP contribution in [0, 0.1) is 5.92 Å². The summed E-state index contributed by atoms with van der Waals surface area (Å²) in [4.78, 5) is 2.64. The topological polar surface area (TPSA) is 12.5 Å². The molecular formula is C19H31NO. The summed E-state index contributed by atoms with van der Waals surface area (Å²) in [6.45, 7) is 10.4. The quantitative estimate of drug-likeness (QED) is 0.777. The molecular weight excluding hydrogens is 258 g/mol. The summed E-state index contributed by atoms with van der Waals surface area (Å²) in [6, 6.07) is 8.96. The van der Waals surface area contributed by atoms with E-state index in [4.69, 9.17) is 4.74 Å². The minimum Gasteiger partial charge on any atom is -0.374 e. The average molecular weight is 289 g/mol. The van der Waals surface area contributed by atoms with Crippen LogP contribution in [0.2, 0.25) is 0 Å². The molecule has 2 heteroatoms. The van der Waals surface area contributed by atoms with Crippen molar-refractivity contribution in [1.82, 2.24) is 4.90 Å². The molecule has 1 aromatic carbocycles. The monoisotopic (exact) mass is 289 g/mol. The number of methoxy groups -OCH3 is 1. The van der Waals surface area contributed by atoms with Crippen molar-refractivity contribution in [2.75, 3.05) is 26.7 Å². The van der Waals surface area contributed by atoms with Gasteiger partial charge >= 0.3 is 0 Å². The highest BCUT2D eigenvalue weighted by atomic mass is 16.5. The van der Waals surface area contributed by atoms with Crippen LogP contribution in [-0.2, 0) is 16.8 Å². The second kappa shape index (κ2) is 7.42. The fraction of sp³-hybridized carbons (Fsp3) is 0.684. The number of benzene rings is 1. The first kappa shape index (κ1) is 16.5. The fourth-order valence-corrected chi connectivity index (χ4v) is 3.21. The molecule has 118 valence electrons. The van der Waals surface area contributed by atoms with E-state index in [-0.39, 0.29) is 5.60 Å². The maximum absolute atomic E-state index is 5.54. The molecule has 0 aliphatic carbocycles. The third kappa shape index (κ3) is 4.82. The van der Waals surface area contributed by atoms with E-state index in [2.05, 4.69) is 49.9 Å². The van der Waals surface area contributed by atoms with Gasteiger partial charge in [-0.05, 0) is 63.2 Å². The van der Waals surface area contributed by atoms with E-state index in [1.54, 1.807) is 7.11 Å². The predicted molar refractivity (Wildman–Crippen MR) is 89.6 cm³/mol. The van der Waals surface area contributed by atoms with E-state index < -0.39 is 0 Å². The maximum Gasteiger partial charge on any atom is 0.0871 e. The molecule has 1 heterocycles. The van der Waals surface area contributed by atoms with Crippen LogP contribution in [0.1, 0.15) is 51.2 Å². The van der Waals surface area contributed by atoms with E-state index >= 15 is 0 Å². The van der Waals surface area contributed by atoms with Gasteiger partial charge in [-0.3, -0.25) is 0 Å². The Morgan fingerprint density at radius 2 is 1.71 bits per heavy atom. The number of likely N-dealkylation sites (tertiary alicyclic amines) is 1. The summed E-state index contributed by atoms with van der Waals surface area (Å²) < 4.78 is 5.54. The maximum atomic E-state index is 5.54. The first-order valence-electron chi connectivity index (χ1n) is 8.38. The molecule has 0 N–H and O–H groups in total. The highest BCUT2D eigenvalue weighted by molar-refractivity contribution is 5.26. The van der Waals surface area contributed by atoms with E-state index in [0.717, 1.165) is 5.92 Å². The number of piperidine rings is 1. The molecule has 1 saturated heterocycles. The van der Waals surface area contributed by atoms with Gasteiger partial charge in [0.1, 0.15) is 0 Å². The molecule has 1 fully saturated rings. The molecule has 0 radical (unpaired) electrons. The highest BCUT2D eigenvalue weighted by Gasteiger charge is 2.19. The minimum atomic E-state index is -0.196. The van der Waals surface area contributed by atoms with Crippen LogP contribution in [0.5, 0.6) is 0 Å². The van der Waals surface area contributed by atoms with Gasteiger partial charge in [-0.15, -0.1) is 0 Å². The first-order chi connectivity index (χ1) is 10.0. The summed E-state index contributed by atoms with van der Waals surface area (Å²) in [5.74, 6) is 0.726. The van der Waals surface area contributed by atoms with Crippen molar-refractivity contribution >= 4 is 0 Å². The zero-order chi connectivity index (χ0) is 15.3. The van der Waals surface area contributed by atoms with Crippen LogP contribution < -0.4 is 0 Å². The minimum absolute atomic E-state index is 0.196. The third-order valence-corrected chi connectivity index (χ3v) is 4.76. The molecule has 1 aliphatic rings. The lowest BCUT2D eigenvalue weighted by Gasteiger charge is -2.29. The zero-order valence-corrected chi connectivity index (χ0v) is 14.2. The Kier molecular flexibility index (Phi) is 5.83. The number of hydrogen-bond donors (Lipinski definition) is 0. The second-order valence-corrected chi connectivity index (χ2v) is 7.08. The number of nitrogens with zero attached hydrogens (tertiary/aromatic N) is 1. The van der Waals surface area contributed by atoms with Gasteiger partial charge in [-0.1, -0.05) is 37.6 Å². The highest BCUT2D eigenvalue weighted by Crippen LogP contribution is 2.24. The van der Waals surface area contributed by atoms with Crippen LogP contribution >= 0.6 is 0 Å². The Labute approximate surface area is 130 Å². The van der Waals surface area contributed by atoms with Crippen molar-refractivity contribution in [2.45, 2.75) is 52.1 Å². The van der Waals surface area contributed by atoms with Gasteiger partial charge in [0.15, 0.2) is 0 Å². The predicted octanol–water partition coefficient (Wildman–Crippen LogP) is 4.23. The summed E-state index contributed by atoms with van der Waals surface area (Å²) in [5, 5.41) is 0. The van der Waals surface area contributed by atoms with Gasteiger partial charge < -0.3 is 9.64 Å².